The molecule has 0 amide bonds. The number of benzene rings is 1. The molecule has 2 N–H and O–H groups in total. The highest BCUT2D eigenvalue weighted by atomic mass is 17.1. The summed E-state index contributed by atoms with van der Waals surface area (Å²) in [6.07, 6.45) is 0. The van der Waals surface area contributed by atoms with Gasteiger partial charge in [-0.15, -0.1) is 0 Å². The van der Waals surface area contributed by atoms with Crippen molar-refractivity contribution < 1.29 is 29.9 Å². The van der Waals surface area contributed by atoms with E-state index in [0.717, 1.165) is 5.56 Å². The van der Waals surface area contributed by atoms with Gasteiger partial charge in [-0.1, -0.05) is 47.6 Å². The normalized spacial score (nSPS) is 12.0. The molecule has 1 aromatic carbocycles. The Kier molecular flexibility index (Phi) is 4.99. The van der Waals surface area contributed by atoms with Crippen LogP contribution in [0.2, 0.25) is 0 Å². The second-order valence-corrected chi connectivity index (χ2v) is 7.17. The van der Waals surface area contributed by atoms with E-state index in [-0.39, 0.29) is 16.5 Å². The Balaban J connectivity index is 3.91. The van der Waals surface area contributed by atoms with Gasteiger partial charge in [-0.2, -0.15) is 10.5 Å². The maximum atomic E-state index is 12.0. The molecule has 0 aliphatic heterocycles. The highest BCUT2D eigenvalue weighted by molar-refractivity contribution is 6.04. The van der Waals surface area contributed by atoms with E-state index in [1.54, 1.807) is 6.07 Å². The Bertz CT molecular complexity index is 590. The molecule has 122 valence electrons. The Morgan fingerprint density at radius 2 is 1.36 bits per heavy atom. The second kappa shape index (κ2) is 6.06. The Morgan fingerprint density at radius 1 is 0.864 bits per heavy atom. The molecular formula is C16H22O6. The van der Waals surface area contributed by atoms with Crippen molar-refractivity contribution in [2.75, 3.05) is 0 Å². The molecule has 0 aliphatic carbocycles. The van der Waals surface area contributed by atoms with Crippen molar-refractivity contribution in [3.63, 3.8) is 0 Å². The first-order valence-electron chi connectivity index (χ1n) is 6.84. The smallest absolute Gasteiger partial charge is 0.295 e. The third kappa shape index (κ3) is 3.45. The van der Waals surface area contributed by atoms with Crippen molar-refractivity contribution in [1.29, 1.82) is 0 Å². The summed E-state index contributed by atoms with van der Waals surface area (Å²) in [5.41, 5.74) is 0.282. The molecule has 0 saturated heterocycles. The van der Waals surface area contributed by atoms with Crippen LogP contribution in [0.5, 0.6) is 0 Å². The van der Waals surface area contributed by atoms with Crippen LogP contribution in [-0.4, -0.2) is 22.5 Å². The predicted octanol–water partition coefficient (Wildman–Crippen LogP) is 3.54. The molecule has 22 heavy (non-hydrogen) atoms. The first-order chi connectivity index (χ1) is 9.95. The van der Waals surface area contributed by atoms with Gasteiger partial charge in [0.25, 0.3) is 0 Å². The van der Waals surface area contributed by atoms with Crippen molar-refractivity contribution in [2.24, 2.45) is 0 Å². The van der Waals surface area contributed by atoms with Gasteiger partial charge in [0.2, 0.25) is 0 Å². The number of rotatable bonds is 2. The minimum Gasteiger partial charge on any atom is -0.295 e. The highest BCUT2D eigenvalue weighted by Gasteiger charge is 2.34. The zero-order valence-electron chi connectivity index (χ0n) is 13.7. The monoisotopic (exact) mass is 310 g/mol. The van der Waals surface area contributed by atoms with Crippen molar-refractivity contribution >= 4 is 11.9 Å². The summed E-state index contributed by atoms with van der Waals surface area (Å²) in [5, 5.41) is 17.4. The molecule has 0 bridgehead atoms. The summed E-state index contributed by atoms with van der Waals surface area (Å²) < 4.78 is 0. The molecule has 6 nitrogen and oxygen atoms in total. The van der Waals surface area contributed by atoms with Crippen molar-refractivity contribution in [3.05, 3.63) is 34.4 Å². The quantitative estimate of drug-likeness (QED) is 0.641. The van der Waals surface area contributed by atoms with Gasteiger partial charge in [-0.05, 0) is 28.0 Å². The van der Waals surface area contributed by atoms with E-state index in [4.69, 9.17) is 10.5 Å². The highest BCUT2D eigenvalue weighted by Crippen LogP contribution is 2.38. The number of carbonyl (C=O) groups is 2. The lowest BCUT2D eigenvalue weighted by atomic mass is 9.72. The van der Waals surface area contributed by atoms with Crippen LogP contribution in [0.3, 0.4) is 0 Å². The molecule has 0 saturated carbocycles. The Morgan fingerprint density at radius 3 is 1.73 bits per heavy atom. The zero-order chi connectivity index (χ0) is 17.3. The second-order valence-electron chi connectivity index (χ2n) is 7.17. The molecule has 0 aliphatic rings. The van der Waals surface area contributed by atoms with Crippen LogP contribution < -0.4 is 0 Å². The van der Waals surface area contributed by atoms with E-state index >= 15 is 0 Å². The van der Waals surface area contributed by atoms with Gasteiger partial charge in [-0.25, -0.2) is 9.59 Å². The first kappa shape index (κ1) is 18.1. The van der Waals surface area contributed by atoms with Crippen LogP contribution in [0.25, 0.3) is 0 Å². The molecule has 6 heteroatoms. The van der Waals surface area contributed by atoms with E-state index in [9.17, 15) is 9.59 Å². The number of hydrogen-bond acceptors (Lipinski definition) is 6. The summed E-state index contributed by atoms with van der Waals surface area (Å²) >= 11 is 0. The minimum absolute atomic E-state index is 0.110. The molecule has 1 aromatic rings. The molecule has 0 atom stereocenters. The standard InChI is InChI=1S/C16H22O6/c1-15(2,3)10-8-7-9(13(17)21-19)11(14(18)22-20)12(10)16(4,5)6/h7-8,19-20H,1-6H3. The third-order valence-corrected chi connectivity index (χ3v) is 3.35. The fourth-order valence-electron chi connectivity index (χ4n) is 2.48. The fourth-order valence-corrected chi connectivity index (χ4v) is 2.48. The lowest BCUT2D eigenvalue weighted by Crippen LogP contribution is -2.28. The SMILES string of the molecule is CC(C)(C)c1ccc(C(=O)OO)c(C(=O)OO)c1C(C)(C)C. The zero-order valence-corrected chi connectivity index (χ0v) is 13.7. The maximum absolute atomic E-state index is 12.0. The van der Waals surface area contributed by atoms with Crippen LogP contribution in [-0.2, 0) is 20.6 Å². The van der Waals surface area contributed by atoms with Crippen LogP contribution in [0, 0.1) is 0 Å². The van der Waals surface area contributed by atoms with Crippen molar-refractivity contribution in [1.82, 2.24) is 0 Å². The summed E-state index contributed by atoms with van der Waals surface area (Å²) in [6, 6.07) is 3.08. The molecule has 0 radical (unpaired) electrons. The largest absolute Gasteiger partial charge is 0.373 e. The van der Waals surface area contributed by atoms with Gasteiger partial charge in [0.1, 0.15) is 0 Å². The van der Waals surface area contributed by atoms with Crippen molar-refractivity contribution in [3.8, 4) is 0 Å². The minimum atomic E-state index is -1.09. The van der Waals surface area contributed by atoms with Crippen LogP contribution in [0.4, 0.5) is 0 Å². The van der Waals surface area contributed by atoms with Gasteiger partial charge in [0.15, 0.2) is 0 Å². The summed E-state index contributed by atoms with van der Waals surface area (Å²) in [7, 11) is 0. The van der Waals surface area contributed by atoms with Crippen LogP contribution >= 0.6 is 0 Å². The third-order valence-electron chi connectivity index (χ3n) is 3.35. The molecule has 0 fully saturated rings. The summed E-state index contributed by atoms with van der Waals surface area (Å²) in [6.45, 7) is 11.5. The summed E-state index contributed by atoms with van der Waals surface area (Å²) in [5.74, 6) is -2.16. The van der Waals surface area contributed by atoms with Gasteiger partial charge < -0.3 is 0 Å². The summed E-state index contributed by atoms with van der Waals surface area (Å²) in [4.78, 5) is 31.4. The molecular weight excluding hydrogens is 288 g/mol. The Labute approximate surface area is 129 Å². The fraction of sp³-hybridized carbons (Fsp3) is 0.500. The Hall–Kier alpha value is -1.92. The number of hydrogen-bond donors (Lipinski definition) is 2. The van der Waals surface area contributed by atoms with Crippen LogP contribution in [0.1, 0.15) is 73.4 Å². The van der Waals surface area contributed by atoms with Gasteiger partial charge in [0, 0.05) is 0 Å². The van der Waals surface area contributed by atoms with E-state index < -0.39 is 17.4 Å². The maximum Gasteiger partial charge on any atom is 0.373 e. The van der Waals surface area contributed by atoms with E-state index in [1.807, 2.05) is 41.5 Å². The van der Waals surface area contributed by atoms with E-state index in [1.165, 1.54) is 6.07 Å². The van der Waals surface area contributed by atoms with Crippen molar-refractivity contribution in [2.45, 2.75) is 52.4 Å². The average molecular weight is 310 g/mol. The molecule has 0 spiro atoms. The van der Waals surface area contributed by atoms with Crippen LogP contribution in [0.15, 0.2) is 12.1 Å². The lowest BCUT2D eigenvalue weighted by molar-refractivity contribution is -0.185. The topological polar surface area (TPSA) is 93.1 Å². The molecule has 0 aromatic heterocycles. The molecule has 1 rings (SSSR count). The van der Waals surface area contributed by atoms with Gasteiger partial charge >= 0.3 is 11.9 Å². The lowest BCUT2D eigenvalue weighted by Gasteiger charge is -2.32. The van der Waals surface area contributed by atoms with Gasteiger partial charge in [-0.3, -0.25) is 9.78 Å². The predicted molar refractivity (Wildman–Crippen MR) is 79.9 cm³/mol. The molecule has 0 heterocycles. The molecule has 0 unspecified atom stereocenters. The van der Waals surface area contributed by atoms with E-state index in [2.05, 4.69) is 9.78 Å². The average Bonchev–Trinajstić information content (AvgIpc) is 2.41. The first-order valence-corrected chi connectivity index (χ1v) is 6.84. The van der Waals surface area contributed by atoms with Gasteiger partial charge in [0.05, 0.1) is 11.1 Å². The van der Waals surface area contributed by atoms with E-state index in [0.29, 0.717) is 5.56 Å². The number of carbonyl (C=O) groups excluding carboxylic acids is 2.